The van der Waals surface area contributed by atoms with Crippen LogP contribution in [-0.4, -0.2) is 39.0 Å². The summed E-state index contributed by atoms with van der Waals surface area (Å²) in [5.74, 6) is -1.00. The lowest BCUT2D eigenvalue weighted by Gasteiger charge is -2.27. The molecule has 4 atom stereocenters. The van der Waals surface area contributed by atoms with Gasteiger partial charge in [0.15, 0.2) is 5.82 Å². The van der Waals surface area contributed by atoms with Gasteiger partial charge in [0.25, 0.3) is 0 Å². The Hall–Kier alpha value is -1.70. The molecule has 0 aromatic carbocycles. The van der Waals surface area contributed by atoms with E-state index in [1.165, 1.54) is 6.33 Å². The number of ether oxygens (including phenoxy) is 2. The van der Waals surface area contributed by atoms with Crippen molar-refractivity contribution in [1.82, 2.24) is 14.6 Å². The molecule has 132 valence electrons. The maximum atomic E-state index is 11.3. The summed E-state index contributed by atoms with van der Waals surface area (Å²) in [6.07, 6.45) is 3.34. The number of aliphatic hydroxyl groups is 1. The Balaban J connectivity index is 1.85. The molecule has 0 aliphatic carbocycles. The van der Waals surface area contributed by atoms with E-state index in [9.17, 15) is 5.11 Å². The van der Waals surface area contributed by atoms with Gasteiger partial charge in [-0.05, 0) is 24.5 Å². The first-order valence-electron chi connectivity index (χ1n) is 8.55. The van der Waals surface area contributed by atoms with E-state index < -0.39 is 5.79 Å². The van der Waals surface area contributed by atoms with E-state index >= 15 is 0 Å². The van der Waals surface area contributed by atoms with Crippen molar-refractivity contribution in [2.24, 2.45) is 11.8 Å². The SMILES string of the molecule is CCCCOC[C@H]1OC(O)(c2ccc3c(N)ncnn23)[C@H](C)[C@@H]1C. The monoisotopic (exact) mass is 334 g/mol. The van der Waals surface area contributed by atoms with Gasteiger partial charge in [0.05, 0.1) is 12.7 Å². The average Bonchev–Trinajstić information content (AvgIpc) is 3.10. The first-order valence-corrected chi connectivity index (χ1v) is 8.55. The number of hydrogen-bond acceptors (Lipinski definition) is 6. The zero-order valence-corrected chi connectivity index (χ0v) is 14.5. The van der Waals surface area contributed by atoms with Crippen molar-refractivity contribution in [3.63, 3.8) is 0 Å². The molecule has 3 rings (SSSR count). The number of rotatable bonds is 6. The Bertz CT molecular complexity index is 704. The molecule has 2 aromatic heterocycles. The lowest BCUT2D eigenvalue weighted by molar-refractivity contribution is -0.228. The summed E-state index contributed by atoms with van der Waals surface area (Å²) < 4.78 is 13.4. The van der Waals surface area contributed by atoms with Gasteiger partial charge in [-0.25, -0.2) is 9.50 Å². The van der Waals surface area contributed by atoms with E-state index in [4.69, 9.17) is 15.2 Å². The summed E-state index contributed by atoms with van der Waals surface area (Å²) in [5.41, 5.74) is 7.11. The molecule has 7 heteroatoms. The van der Waals surface area contributed by atoms with E-state index in [0.717, 1.165) is 12.8 Å². The summed E-state index contributed by atoms with van der Waals surface area (Å²) in [6, 6.07) is 3.60. The maximum Gasteiger partial charge on any atom is 0.213 e. The second-order valence-corrected chi connectivity index (χ2v) is 6.59. The second-order valence-electron chi connectivity index (χ2n) is 6.59. The van der Waals surface area contributed by atoms with E-state index in [1.54, 1.807) is 16.6 Å². The van der Waals surface area contributed by atoms with E-state index in [1.807, 2.05) is 6.92 Å². The predicted molar refractivity (Wildman–Crippen MR) is 90.2 cm³/mol. The van der Waals surface area contributed by atoms with Crippen molar-refractivity contribution in [3.8, 4) is 0 Å². The molecule has 0 bridgehead atoms. The summed E-state index contributed by atoms with van der Waals surface area (Å²) in [4.78, 5) is 3.98. The summed E-state index contributed by atoms with van der Waals surface area (Å²) >= 11 is 0. The van der Waals surface area contributed by atoms with Crippen molar-refractivity contribution in [3.05, 3.63) is 24.2 Å². The number of hydrogen-bond donors (Lipinski definition) is 2. The van der Waals surface area contributed by atoms with Crippen LogP contribution in [0.2, 0.25) is 0 Å². The molecule has 7 nitrogen and oxygen atoms in total. The highest BCUT2D eigenvalue weighted by molar-refractivity contribution is 5.65. The van der Waals surface area contributed by atoms with Crippen LogP contribution in [0.5, 0.6) is 0 Å². The molecule has 0 radical (unpaired) electrons. The van der Waals surface area contributed by atoms with Crippen LogP contribution >= 0.6 is 0 Å². The highest BCUT2D eigenvalue weighted by Crippen LogP contribution is 2.45. The Labute approximate surface area is 141 Å². The van der Waals surface area contributed by atoms with Crippen molar-refractivity contribution in [2.45, 2.75) is 45.5 Å². The molecule has 1 aliphatic heterocycles. The van der Waals surface area contributed by atoms with Gasteiger partial charge in [-0.3, -0.25) is 0 Å². The first-order chi connectivity index (χ1) is 11.5. The predicted octanol–water partition coefficient (Wildman–Crippen LogP) is 1.94. The normalized spacial score (nSPS) is 30.2. The minimum Gasteiger partial charge on any atom is -0.382 e. The van der Waals surface area contributed by atoms with Gasteiger partial charge in [0.2, 0.25) is 5.79 Å². The molecule has 24 heavy (non-hydrogen) atoms. The lowest BCUT2D eigenvalue weighted by atomic mass is 9.87. The minimum absolute atomic E-state index is 0.105. The number of unbranched alkanes of at least 4 members (excludes halogenated alkanes) is 1. The molecule has 0 spiro atoms. The van der Waals surface area contributed by atoms with Crippen molar-refractivity contribution < 1.29 is 14.6 Å². The zero-order chi connectivity index (χ0) is 17.3. The topological polar surface area (TPSA) is 94.9 Å². The van der Waals surface area contributed by atoms with Gasteiger partial charge in [0, 0.05) is 12.5 Å². The van der Waals surface area contributed by atoms with Gasteiger partial charge in [-0.1, -0.05) is 27.2 Å². The van der Waals surface area contributed by atoms with E-state index in [0.29, 0.717) is 30.2 Å². The minimum atomic E-state index is -1.43. The third-order valence-corrected chi connectivity index (χ3v) is 5.10. The highest BCUT2D eigenvalue weighted by atomic mass is 16.6. The molecule has 1 aliphatic rings. The molecule has 1 saturated heterocycles. The molecule has 3 heterocycles. The summed E-state index contributed by atoms with van der Waals surface area (Å²) in [6.45, 7) is 7.39. The Morgan fingerprint density at radius 1 is 1.42 bits per heavy atom. The number of anilines is 1. The second kappa shape index (κ2) is 6.66. The smallest absolute Gasteiger partial charge is 0.213 e. The van der Waals surface area contributed by atoms with Crippen LogP contribution < -0.4 is 5.73 Å². The van der Waals surface area contributed by atoms with Gasteiger partial charge < -0.3 is 20.3 Å². The van der Waals surface area contributed by atoms with Crippen LogP contribution in [0.15, 0.2) is 18.5 Å². The molecule has 2 aromatic rings. The molecule has 3 N–H and O–H groups in total. The molecule has 0 saturated carbocycles. The molecule has 1 fully saturated rings. The third kappa shape index (κ3) is 2.76. The fourth-order valence-corrected chi connectivity index (χ4v) is 3.27. The molecule has 0 amide bonds. The number of nitrogens with two attached hydrogens (primary N) is 1. The van der Waals surface area contributed by atoms with Crippen LogP contribution in [0.4, 0.5) is 5.82 Å². The van der Waals surface area contributed by atoms with Gasteiger partial charge in [0.1, 0.15) is 17.5 Å². The van der Waals surface area contributed by atoms with Gasteiger partial charge in [-0.2, -0.15) is 5.10 Å². The fraction of sp³-hybridized carbons (Fsp3) is 0.647. The van der Waals surface area contributed by atoms with E-state index in [-0.39, 0.29) is 17.9 Å². The quantitative estimate of drug-likeness (QED) is 0.784. The highest BCUT2D eigenvalue weighted by Gasteiger charge is 2.52. The number of nitrogen functional groups attached to an aromatic ring is 1. The Morgan fingerprint density at radius 3 is 2.96 bits per heavy atom. The standard InChI is InChI=1S/C17H26N4O3/c1-4-5-8-23-9-14-11(2)12(3)17(22,24-14)15-7-6-13-16(18)19-10-20-21(13)15/h6-7,10-12,14,22H,4-5,8-9H2,1-3H3,(H2,18,19,20)/t11-,12+,14+,17?/m0/s1. The van der Waals surface area contributed by atoms with Crippen molar-refractivity contribution in [1.29, 1.82) is 0 Å². The first kappa shape index (κ1) is 17.1. The van der Waals surface area contributed by atoms with Crippen molar-refractivity contribution in [2.75, 3.05) is 18.9 Å². The number of fused-ring (bicyclic) bond motifs is 1. The Kier molecular flexibility index (Phi) is 4.76. The zero-order valence-electron chi connectivity index (χ0n) is 14.5. The Morgan fingerprint density at radius 2 is 2.21 bits per heavy atom. The van der Waals surface area contributed by atoms with Gasteiger partial charge in [-0.15, -0.1) is 0 Å². The summed E-state index contributed by atoms with van der Waals surface area (Å²) in [5, 5.41) is 15.5. The average molecular weight is 334 g/mol. The van der Waals surface area contributed by atoms with Crippen LogP contribution in [0.25, 0.3) is 5.52 Å². The van der Waals surface area contributed by atoms with Crippen LogP contribution in [0, 0.1) is 11.8 Å². The third-order valence-electron chi connectivity index (χ3n) is 5.10. The van der Waals surface area contributed by atoms with Crippen molar-refractivity contribution >= 4 is 11.3 Å². The molecule has 1 unspecified atom stereocenters. The lowest BCUT2D eigenvalue weighted by Crippen LogP contribution is -2.34. The summed E-state index contributed by atoms with van der Waals surface area (Å²) in [7, 11) is 0. The van der Waals surface area contributed by atoms with Crippen LogP contribution in [0.1, 0.15) is 39.3 Å². The number of nitrogens with zero attached hydrogens (tertiary/aromatic N) is 3. The van der Waals surface area contributed by atoms with Gasteiger partial charge >= 0.3 is 0 Å². The maximum absolute atomic E-state index is 11.3. The number of aromatic nitrogens is 3. The van der Waals surface area contributed by atoms with E-state index in [2.05, 4.69) is 23.9 Å². The molecular formula is C17H26N4O3. The largest absolute Gasteiger partial charge is 0.382 e. The van der Waals surface area contributed by atoms with Crippen LogP contribution in [0.3, 0.4) is 0 Å². The fourth-order valence-electron chi connectivity index (χ4n) is 3.27. The van der Waals surface area contributed by atoms with Crippen LogP contribution in [-0.2, 0) is 15.3 Å². The molecular weight excluding hydrogens is 308 g/mol.